The minimum Gasteiger partial charge on any atom is -0.355 e. The van der Waals surface area contributed by atoms with Crippen molar-refractivity contribution >= 4 is 11.8 Å². The molecule has 4 heteroatoms. The number of hydrogen-bond acceptors (Lipinski definition) is 2. The summed E-state index contributed by atoms with van der Waals surface area (Å²) in [6.45, 7) is 5.45. The summed E-state index contributed by atoms with van der Waals surface area (Å²) in [4.78, 5) is 21.4. The first kappa shape index (κ1) is 9.94. The van der Waals surface area contributed by atoms with Crippen LogP contribution in [-0.2, 0) is 9.59 Å². The quantitative estimate of drug-likeness (QED) is 0.589. The lowest BCUT2D eigenvalue weighted by Crippen LogP contribution is -2.43. The van der Waals surface area contributed by atoms with E-state index in [1.54, 1.807) is 6.92 Å². The van der Waals surface area contributed by atoms with Crippen LogP contribution in [-0.4, -0.2) is 24.4 Å². The van der Waals surface area contributed by atoms with Crippen LogP contribution in [0.25, 0.3) is 0 Å². The first-order valence-electron chi connectivity index (χ1n) is 3.62. The van der Waals surface area contributed by atoms with Gasteiger partial charge in [-0.05, 0) is 13.8 Å². The summed E-state index contributed by atoms with van der Waals surface area (Å²) in [7, 11) is 0. The van der Waals surface area contributed by atoms with Crippen molar-refractivity contribution in [2.75, 3.05) is 6.54 Å². The number of likely N-dealkylation sites (N-methyl/N-ethyl adjacent to an activating group) is 1. The molecule has 2 N–H and O–H groups in total. The second-order valence-electron chi connectivity index (χ2n) is 2.32. The second kappa shape index (κ2) is 4.71. The lowest BCUT2D eigenvalue weighted by atomic mass is 10.3. The Kier molecular flexibility index (Phi) is 4.26. The molecule has 0 radical (unpaired) electrons. The minimum absolute atomic E-state index is 0.150. The van der Waals surface area contributed by atoms with Crippen LogP contribution in [0, 0.1) is 0 Å². The maximum atomic E-state index is 11.0. The van der Waals surface area contributed by atoms with E-state index < -0.39 is 6.04 Å². The van der Waals surface area contributed by atoms with Crippen LogP contribution in [0.4, 0.5) is 0 Å². The van der Waals surface area contributed by atoms with Gasteiger partial charge in [-0.1, -0.05) is 0 Å². The highest BCUT2D eigenvalue weighted by Gasteiger charge is 2.11. The Bertz CT molecular complexity index is 157. The third-order valence-corrected chi connectivity index (χ3v) is 1.16. The summed E-state index contributed by atoms with van der Waals surface area (Å²) in [5.41, 5.74) is 0. The number of amides is 2. The summed E-state index contributed by atoms with van der Waals surface area (Å²) >= 11 is 0. The van der Waals surface area contributed by atoms with Gasteiger partial charge in [0.2, 0.25) is 11.8 Å². The molecule has 0 aromatic rings. The fourth-order valence-electron chi connectivity index (χ4n) is 0.698. The van der Waals surface area contributed by atoms with E-state index in [0.717, 1.165) is 0 Å². The summed E-state index contributed by atoms with van der Waals surface area (Å²) in [6, 6.07) is -0.438. The zero-order chi connectivity index (χ0) is 8.85. The van der Waals surface area contributed by atoms with Gasteiger partial charge in [-0.15, -0.1) is 0 Å². The van der Waals surface area contributed by atoms with E-state index in [1.165, 1.54) is 6.92 Å². The van der Waals surface area contributed by atoms with Crippen molar-refractivity contribution in [2.45, 2.75) is 26.8 Å². The molecule has 4 nitrogen and oxygen atoms in total. The maximum absolute atomic E-state index is 11.0. The maximum Gasteiger partial charge on any atom is 0.242 e. The first-order valence-corrected chi connectivity index (χ1v) is 3.62. The fraction of sp³-hybridized carbons (Fsp3) is 0.714. The Hall–Kier alpha value is -1.06. The average Bonchev–Trinajstić information content (AvgIpc) is 1.86. The lowest BCUT2D eigenvalue weighted by molar-refractivity contribution is -0.127. The zero-order valence-corrected chi connectivity index (χ0v) is 7.10. The van der Waals surface area contributed by atoms with Gasteiger partial charge < -0.3 is 10.6 Å². The molecule has 0 unspecified atom stereocenters. The predicted molar refractivity (Wildman–Crippen MR) is 42.0 cm³/mol. The topological polar surface area (TPSA) is 58.2 Å². The third kappa shape index (κ3) is 4.36. The van der Waals surface area contributed by atoms with Crippen LogP contribution < -0.4 is 10.6 Å². The molecular formula is C7H14N2O2. The van der Waals surface area contributed by atoms with Gasteiger partial charge in [-0.25, -0.2) is 0 Å². The van der Waals surface area contributed by atoms with E-state index in [0.29, 0.717) is 6.54 Å². The van der Waals surface area contributed by atoms with Gasteiger partial charge in [0.05, 0.1) is 0 Å². The monoisotopic (exact) mass is 158 g/mol. The Labute approximate surface area is 66.4 Å². The van der Waals surface area contributed by atoms with Crippen molar-refractivity contribution in [2.24, 2.45) is 0 Å². The number of hydrogen-bond donors (Lipinski definition) is 2. The molecule has 1 atom stereocenters. The minimum atomic E-state index is -0.438. The highest BCUT2D eigenvalue weighted by molar-refractivity contribution is 5.86. The van der Waals surface area contributed by atoms with Gasteiger partial charge in [0, 0.05) is 13.5 Å². The van der Waals surface area contributed by atoms with Gasteiger partial charge in [0.1, 0.15) is 6.04 Å². The van der Waals surface area contributed by atoms with E-state index in [1.807, 2.05) is 6.92 Å². The molecule has 0 aliphatic rings. The fourth-order valence-corrected chi connectivity index (χ4v) is 0.698. The normalized spacial score (nSPS) is 11.9. The Balaban J connectivity index is 3.73. The highest BCUT2D eigenvalue weighted by atomic mass is 16.2. The highest BCUT2D eigenvalue weighted by Crippen LogP contribution is 1.80. The van der Waals surface area contributed by atoms with E-state index in [-0.39, 0.29) is 11.8 Å². The molecule has 0 fully saturated rings. The Morgan fingerprint density at radius 1 is 1.45 bits per heavy atom. The van der Waals surface area contributed by atoms with Crippen LogP contribution >= 0.6 is 0 Å². The van der Waals surface area contributed by atoms with Crippen molar-refractivity contribution in [1.82, 2.24) is 10.6 Å². The van der Waals surface area contributed by atoms with Crippen LogP contribution in [0.15, 0.2) is 0 Å². The molecule has 0 saturated carbocycles. The van der Waals surface area contributed by atoms with Gasteiger partial charge in [-0.2, -0.15) is 0 Å². The van der Waals surface area contributed by atoms with E-state index in [2.05, 4.69) is 10.6 Å². The van der Waals surface area contributed by atoms with Crippen LogP contribution in [0.1, 0.15) is 20.8 Å². The van der Waals surface area contributed by atoms with E-state index in [9.17, 15) is 9.59 Å². The molecule has 64 valence electrons. The smallest absolute Gasteiger partial charge is 0.242 e. The van der Waals surface area contributed by atoms with Crippen molar-refractivity contribution in [1.29, 1.82) is 0 Å². The zero-order valence-electron chi connectivity index (χ0n) is 7.10. The van der Waals surface area contributed by atoms with Crippen molar-refractivity contribution in [3.63, 3.8) is 0 Å². The van der Waals surface area contributed by atoms with E-state index >= 15 is 0 Å². The molecule has 0 saturated heterocycles. The molecular weight excluding hydrogens is 144 g/mol. The average molecular weight is 158 g/mol. The molecule has 0 aromatic heterocycles. The van der Waals surface area contributed by atoms with Crippen molar-refractivity contribution < 1.29 is 9.59 Å². The summed E-state index contributed by atoms with van der Waals surface area (Å²) in [5.74, 6) is -0.341. The Morgan fingerprint density at radius 3 is 2.36 bits per heavy atom. The van der Waals surface area contributed by atoms with Crippen LogP contribution in [0.2, 0.25) is 0 Å². The summed E-state index contributed by atoms with van der Waals surface area (Å²) in [5, 5.41) is 5.07. The van der Waals surface area contributed by atoms with Gasteiger partial charge in [0.15, 0.2) is 0 Å². The van der Waals surface area contributed by atoms with Crippen LogP contribution in [0.3, 0.4) is 0 Å². The third-order valence-electron chi connectivity index (χ3n) is 1.16. The molecule has 0 bridgehead atoms. The molecule has 0 aromatic carbocycles. The molecule has 11 heavy (non-hydrogen) atoms. The van der Waals surface area contributed by atoms with E-state index in [4.69, 9.17) is 0 Å². The number of nitrogens with one attached hydrogen (secondary N) is 2. The molecule has 2 amide bonds. The second-order valence-corrected chi connectivity index (χ2v) is 2.32. The van der Waals surface area contributed by atoms with Crippen LogP contribution in [0.5, 0.6) is 0 Å². The van der Waals surface area contributed by atoms with Gasteiger partial charge >= 0.3 is 0 Å². The number of carbonyl (C=O) groups excluding carboxylic acids is 2. The molecule has 0 aliphatic carbocycles. The Morgan fingerprint density at radius 2 is 2.00 bits per heavy atom. The lowest BCUT2D eigenvalue weighted by Gasteiger charge is -2.10. The molecule has 0 aliphatic heterocycles. The largest absolute Gasteiger partial charge is 0.355 e. The molecule has 0 spiro atoms. The van der Waals surface area contributed by atoms with Gasteiger partial charge in [-0.3, -0.25) is 9.59 Å². The predicted octanol–water partition coefficient (Wildman–Crippen LogP) is -0.353. The summed E-state index contributed by atoms with van der Waals surface area (Å²) in [6.07, 6.45) is 0. The standard InChI is InChI=1S/C7H14N2O2/c1-4-8-7(11)5(2)9-6(3)10/h5H,4H2,1-3H3,(H,8,11)(H,9,10)/t5-/m0/s1. The number of rotatable bonds is 3. The molecule has 0 rings (SSSR count). The van der Waals surface area contributed by atoms with Crippen molar-refractivity contribution in [3.05, 3.63) is 0 Å². The van der Waals surface area contributed by atoms with Gasteiger partial charge in [0.25, 0.3) is 0 Å². The number of carbonyl (C=O) groups is 2. The molecule has 0 heterocycles. The van der Waals surface area contributed by atoms with Crippen molar-refractivity contribution in [3.8, 4) is 0 Å². The first-order chi connectivity index (χ1) is 5.07. The SMILES string of the molecule is CCNC(=O)[C@H](C)NC(C)=O. The summed E-state index contributed by atoms with van der Waals surface area (Å²) < 4.78 is 0.